The van der Waals surface area contributed by atoms with E-state index in [1.54, 1.807) is 6.92 Å². The van der Waals surface area contributed by atoms with Crippen LogP contribution < -0.4 is 15.5 Å². The molecule has 19 heavy (non-hydrogen) atoms. The second kappa shape index (κ2) is 5.86. The molecule has 6 heteroatoms. The van der Waals surface area contributed by atoms with E-state index in [2.05, 4.69) is 25.5 Å². The molecule has 6 nitrogen and oxygen atoms in total. The van der Waals surface area contributed by atoms with E-state index >= 15 is 0 Å². The van der Waals surface area contributed by atoms with Gasteiger partial charge in [0.25, 0.3) is 0 Å². The van der Waals surface area contributed by atoms with E-state index in [0.29, 0.717) is 5.95 Å². The van der Waals surface area contributed by atoms with Crippen molar-refractivity contribution in [2.24, 2.45) is 0 Å². The number of nitrogens with zero attached hydrogens (tertiary/aromatic N) is 3. The van der Waals surface area contributed by atoms with Crippen LogP contribution in [-0.4, -0.2) is 41.6 Å². The van der Waals surface area contributed by atoms with Crippen LogP contribution >= 0.6 is 0 Å². The second-order valence-electron chi connectivity index (χ2n) is 4.85. The van der Waals surface area contributed by atoms with E-state index in [-0.39, 0.29) is 11.9 Å². The van der Waals surface area contributed by atoms with Gasteiger partial charge >= 0.3 is 0 Å². The first kappa shape index (κ1) is 13.6. The molecule has 2 N–H and O–H groups in total. The van der Waals surface area contributed by atoms with Crippen molar-refractivity contribution in [3.8, 4) is 0 Å². The van der Waals surface area contributed by atoms with Crippen molar-refractivity contribution in [2.45, 2.75) is 33.2 Å². The fourth-order valence-corrected chi connectivity index (χ4v) is 2.32. The number of hydrogen-bond acceptors (Lipinski definition) is 5. The molecule has 0 spiro atoms. The third-order valence-corrected chi connectivity index (χ3v) is 3.10. The van der Waals surface area contributed by atoms with Crippen LogP contribution in [0.1, 0.15) is 26.0 Å². The van der Waals surface area contributed by atoms with Gasteiger partial charge < -0.3 is 15.5 Å². The highest BCUT2D eigenvalue weighted by molar-refractivity contribution is 5.73. The summed E-state index contributed by atoms with van der Waals surface area (Å²) in [6.45, 7) is 8.06. The fraction of sp³-hybridized carbons (Fsp3) is 0.615. The van der Waals surface area contributed by atoms with Crippen LogP contribution in [0.15, 0.2) is 6.07 Å². The van der Waals surface area contributed by atoms with Crippen molar-refractivity contribution in [1.82, 2.24) is 15.3 Å². The minimum atomic E-state index is 0.0269. The van der Waals surface area contributed by atoms with Gasteiger partial charge in [0.05, 0.1) is 0 Å². The second-order valence-corrected chi connectivity index (χ2v) is 4.85. The Hall–Kier alpha value is -1.85. The van der Waals surface area contributed by atoms with Crippen LogP contribution in [0.4, 0.5) is 11.8 Å². The lowest BCUT2D eigenvalue weighted by atomic mass is 10.2. The van der Waals surface area contributed by atoms with Crippen LogP contribution in [0.5, 0.6) is 0 Å². The smallest absolute Gasteiger partial charge is 0.224 e. The Bertz CT molecular complexity index is 462. The Labute approximate surface area is 113 Å². The van der Waals surface area contributed by atoms with Crippen molar-refractivity contribution in [3.05, 3.63) is 11.8 Å². The third kappa shape index (κ3) is 3.56. The van der Waals surface area contributed by atoms with Gasteiger partial charge in [0, 0.05) is 44.4 Å². The maximum atomic E-state index is 11.1. The first-order valence-corrected chi connectivity index (χ1v) is 6.70. The Kier molecular flexibility index (Phi) is 4.19. The van der Waals surface area contributed by atoms with Crippen LogP contribution in [0.3, 0.4) is 0 Å². The first-order valence-electron chi connectivity index (χ1n) is 6.70. The normalized spacial score (nSPS) is 18.5. The van der Waals surface area contributed by atoms with Gasteiger partial charge in [0.1, 0.15) is 5.82 Å². The van der Waals surface area contributed by atoms with Crippen molar-refractivity contribution in [2.75, 3.05) is 29.9 Å². The van der Waals surface area contributed by atoms with Crippen molar-refractivity contribution < 1.29 is 4.79 Å². The number of carbonyl (C=O) groups excluding carboxylic acids is 1. The lowest BCUT2D eigenvalue weighted by molar-refractivity contribution is -0.119. The van der Waals surface area contributed by atoms with E-state index in [1.165, 1.54) is 0 Å². The SMILES string of the molecule is CCNc1nc(C)cc(N2CCC(NC(C)=O)C2)n1. The summed E-state index contributed by atoms with van der Waals surface area (Å²) >= 11 is 0. The lowest BCUT2D eigenvalue weighted by Crippen LogP contribution is -2.35. The monoisotopic (exact) mass is 263 g/mol. The number of carbonyl (C=O) groups is 1. The number of aromatic nitrogens is 2. The van der Waals surface area contributed by atoms with Crippen molar-refractivity contribution in [1.29, 1.82) is 0 Å². The number of anilines is 2. The zero-order valence-corrected chi connectivity index (χ0v) is 11.7. The van der Waals surface area contributed by atoms with Gasteiger partial charge in [-0.2, -0.15) is 4.98 Å². The number of rotatable bonds is 4. The molecule has 1 saturated heterocycles. The molecule has 0 radical (unpaired) electrons. The quantitative estimate of drug-likeness (QED) is 0.845. The van der Waals surface area contributed by atoms with Crippen LogP contribution in [0, 0.1) is 6.92 Å². The summed E-state index contributed by atoms with van der Waals surface area (Å²) in [6.07, 6.45) is 0.958. The zero-order chi connectivity index (χ0) is 13.8. The maximum Gasteiger partial charge on any atom is 0.224 e. The predicted molar refractivity (Wildman–Crippen MR) is 75.4 cm³/mol. The van der Waals surface area contributed by atoms with Gasteiger partial charge in [-0.25, -0.2) is 4.98 Å². The number of amides is 1. The minimum absolute atomic E-state index is 0.0269. The van der Waals surface area contributed by atoms with E-state index < -0.39 is 0 Å². The van der Waals surface area contributed by atoms with Crippen LogP contribution in [-0.2, 0) is 4.79 Å². The van der Waals surface area contributed by atoms with Crippen molar-refractivity contribution in [3.63, 3.8) is 0 Å². The molecular formula is C13H21N5O. The molecule has 1 unspecified atom stereocenters. The summed E-state index contributed by atoms with van der Waals surface area (Å²) < 4.78 is 0. The zero-order valence-electron chi connectivity index (χ0n) is 11.7. The highest BCUT2D eigenvalue weighted by Gasteiger charge is 2.24. The van der Waals surface area contributed by atoms with Gasteiger partial charge in [-0.3, -0.25) is 4.79 Å². The summed E-state index contributed by atoms with van der Waals surface area (Å²) in [5.74, 6) is 1.62. The number of nitrogens with one attached hydrogen (secondary N) is 2. The Morgan fingerprint density at radius 3 is 3.00 bits per heavy atom. The largest absolute Gasteiger partial charge is 0.354 e. The molecule has 1 aromatic rings. The van der Waals surface area contributed by atoms with Gasteiger partial charge in [0.15, 0.2) is 0 Å². The Morgan fingerprint density at radius 1 is 1.53 bits per heavy atom. The molecular weight excluding hydrogens is 242 g/mol. The van der Waals surface area contributed by atoms with Crippen LogP contribution in [0.2, 0.25) is 0 Å². The molecule has 2 heterocycles. The predicted octanol–water partition coefficient (Wildman–Crippen LogP) is 0.932. The third-order valence-electron chi connectivity index (χ3n) is 3.10. The fourth-order valence-electron chi connectivity index (χ4n) is 2.32. The van der Waals surface area contributed by atoms with Gasteiger partial charge in [0.2, 0.25) is 11.9 Å². The van der Waals surface area contributed by atoms with Crippen molar-refractivity contribution >= 4 is 17.7 Å². The number of hydrogen-bond donors (Lipinski definition) is 2. The first-order chi connectivity index (χ1) is 9.08. The topological polar surface area (TPSA) is 70.2 Å². The maximum absolute atomic E-state index is 11.1. The molecule has 1 aliphatic rings. The van der Waals surface area contributed by atoms with Gasteiger partial charge in [-0.15, -0.1) is 0 Å². The van der Waals surface area contributed by atoms with E-state index in [1.807, 2.05) is 19.9 Å². The highest BCUT2D eigenvalue weighted by Crippen LogP contribution is 2.20. The summed E-state index contributed by atoms with van der Waals surface area (Å²) in [4.78, 5) is 22.1. The molecule has 104 valence electrons. The Morgan fingerprint density at radius 2 is 2.32 bits per heavy atom. The summed E-state index contributed by atoms with van der Waals surface area (Å²) in [6, 6.07) is 2.20. The summed E-state index contributed by atoms with van der Waals surface area (Å²) in [7, 11) is 0. The van der Waals surface area contributed by atoms with E-state index in [0.717, 1.165) is 37.6 Å². The summed E-state index contributed by atoms with van der Waals surface area (Å²) in [5.41, 5.74) is 0.948. The molecule has 1 amide bonds. The standard InChI is InChI=1S/C13H21N5O/c1-4-14-13-15-9(2)7-12(17-13)18-6-5-11(8-18)16-10(3)19/h7,11H,4-6,8H2,1-3H3,(H,16,19)(H,14,15,17). The minimum Gasteiger partial charge on any atom is -0.354 e. The number of aryl methyl sites for hydroxylation is 1. The molecule has 0 aliphatic carbocycles. The molecule has 1 atom stereocenters. The molecule has 1 aliphatic heterocycles. The van der Waals surface area contributed by atoms with Gasteiger partial charge in [-0.05, 0) is 20.3 Å². The average molecular weight is 263 g/mol. The summed E-state index contributed by atoms with van der Waals surface area (Å²) in [5, 5.41) is 6.09. The molecule has 1 fully saturated rings. The lowest BCUT2D eigenvalue weighted by Gasteiger charge is -2.19. The molecule has 0 aromatic carbocycles. The average Bonchev–Trinajstić information content (AvgIpc) is 2.76. The molecule has 0 saturated carbocycles. The Balaban J connectivity index is 2.08. The van der Waals surface area contributed by atoms with E-state index in [9.17, 15) is 4.79 Å². The molecule has 2 rings (SSSR count). The van der Waals surface area contributed by atoms with Crippen LogP contribution in [0.25, 0.3) is 0 Å². The molecule has 1 aromatic heterocycles. The van der Waals surface area contributed by atoms with E-state index in [4.69, 9.17) is 0 Å². The molecule has 0 bridgehead atoms. The highest BCUT2D eigenvalue weighted by atomic mass is 16.1. The van der Waals surface area contributed by atoms with Gasteiger partial charge in [-0.1, -0.05) is 0 Å².